The molecule has 0 atom stereocenters. The maximum Gasteiger partial charge on any atom is 0.0540 e. The molecule has 0 aromatic heterocycles. The summed E-state index contributed by atoms with van der Waals surface area (Å²) < 4.78 is 0. The highest BCUT2D eigenvalue weighted by Crippen LogP contribution is 2.53. The summed E-state index contributed by atoms with van der Waals surface area (Å²) in [6, 6.07) is 88.0. The number of fused-ring (bicyclic) bond motifs is 4. The van der Waals surface area contributed by atoms with E-state index in [1.807, 2.05) is 0 Å². The molecule has 0 amide bonds. The van der Waals surface area contributed by atoms with Gasteiger partial charge in [0, 0.05) is 33.6 Å². The van der Waals surface area contributed by atoms with Crippen LogP contribution in [-0.4, -0.2) is 0 Å². The SMILES string of the molecule is c1ccc(-c2ccc(N3c4ccccc4-c4cccc5c(N(c6ccc(-c7ccccc7)cc6)c6ccc(-c7ccccc7)cc6)ccc(c45)-c4ccccc43)cc2)cc1. The van der Waals surface area contributed by atoms with Crippen LogP contribution in [0.1, 0.15) is 0 Å². The van der Waals surface area contributed by atoms with Gasteiger partial charge in [-0.1, -0.05) is 188 Å². The Hall–Kier alpha value is -7.94. The summed E-state index contributed by atoms with van der Waals surface area (Å²) in [4.78, 5) is 4.85. The third-order valence-corrected chi connectivity index (χ3v) is 11.8. The molecule has 2 heteroatoms. The van der Waals surface area contributed by atoms with Gasteiger partial charge in [0.1, 0.15) is 0 Å². The molecule has 1 heterocycles. The number of benzene rings is 10. The van der Waals surface area contributed by atoms with E-state index in [-0.39, 0.29) is 0 Å². The molecule has 11 rings (SSSR count). The minimum Gasteiger partial charge on any atom is -0.310 e. The van der Waals surface area contributed by atoms with E-state index in [9.17, 15) is 0 Å². The Labute approximate surface area is 351 Å². The van der Waals surface area contributed by atoms with Crippen molar-refractivity contribution >= 4 is 44.9 Å². The van der Waals surface area contributed by atoms with Crippen molar-refractivity contribution in [2.75, 3.05) is 9.80 Å². The number of hydrogen-bond donors (Lipinski definition) is 0. The Morgan fingerprint density at radius 1 is 0.267 bits per heavy atom. The molecule has 282 valence electrons. The first kappa shape index (κ1) is 35.2. The van der Waals surface area contributed by atoms with Crippen LogP contribution in [0, 0.1) is 0 Å². The van der Waals surface area contributed by atoms with Crippen molar-refractivity contribution in [3.8, 4) is 55.6 Å². The fourth-order valence-electron chi connectivity index (χ4n) is 8.96. The van der Waals surface area contributed by atoms with Crippen molar-refractivity contribution in [1.82, 2.24) is 0 Å². The lowest BCUT2D eigenvalue weighted by Gasteiger charge is -2.33. The molecule has 0 bridgehead atoms. The van der Waals surface area contributed by atoms with E-state index in [1.54, 1.807) is 0 Å². The number of para-hydroxylation sites is 2. The molecular weight excluding hydrogens is 725 g/mol. The zero-order valence-electron chi connectivity index (χ0n) is 33.0. The molecule has 0 N–H and O–H groups in total. The van der Waals surface area contributed by atoms with Gasteiger partial charge in [-0.25, -0.2) is 0 Å². The smallest absolute Gasteiger partial charge is 0.0540 e. The zero-order valence-corrected chi connectivity index (χ0v) is 33.0. The summed E-state index contributed by atoms with van der Waals surface area (Å²) in [6.45, 7) is 0. The fraction of sp³-hybridized carbons (Fsp3) is 0. The number of hydrogen-bond acceptors (Lipinski definition) is 2. The molecule has 1 aliphatic rings. The average molecular weight is 765 g/mol. The number of rotatable bonds is 7. The quantitative estimate of drug-likeness (QED) is 0.159. The van der Waals surface area contributed by atoms with Gasteiger partial charge in [-0.15, -0.1) is 0 Å². The van der Waals surface area contributed by atoms with Gasteiger partial charge < -0.3 is 9.80 Å². The summed E-state index contributed by atoms with van der Waals surface area (Å²) in [5.74, 6) is 0. The van der Waals surface area contributed by atoms with Gasteiger partial charge >= 0.3 is 0 Å². The molecule has 2 nitrogen and oxygen atoms in total. The molecule has 0 saturated heterocycles. The van der Waals surface area contributed by atoms with E-state index >= 15 is 0 Å². The lowest BCUT2D eigenvalue weighted by atomic mass is 9.86. The molecule has 0 aliphatic carbocycles. The molecule has 0 spiro atoms. The lowest BCUT2D eigenvalue weighted by molar-refractivity contribution is 1.28. The second-order valence-electron chi connectivity index (χ2n) is 15.3. The Kier molecular flexibility index (Phi) is 8.87. The minimum atomic E-state index is 1.10. The molecule has 60 heavy (non-hydrogen) atoms. The van der Waals surface area contributed by atoms with Gasteiger partial charge in [0.25, 0.3) is 0 Å². The van der Waals surface area contributed by atoms with E-state index in [0.717, 1.165) is 34.1 Å². The monoisotopic (exact) mass is 764 g/mol. The highest BCUT2D eigenvalue weighted by Gasteiger charge is 2.27. The van der Waals surface area contributed by atoms with Gasteiger partial charge in [-0.05, 0) is 104 Å². The fourth-order valence-corrected chi connectivity index (χ4v) is 8.96. The Morgan fingerprint density at radius 3 is 1.13 bits per heavy atom. The van der Waals surface area contributed by atoms with Gasteiger partial charge in [-0.3, -0.25) is 0 Å². The minimum absolute atomic E-state index is 1.10. The predicted molar refractivity (Wildman–Crippen MR) is 254 cm³/mol. The van der Waals surface area contributed by atoms with Crippen LogP contribution in [0.2, 0.25) is 0 Å². The van der Waals surface area contributed by atoms with Gasteiger partial charge in [-0.2, -0.15) is 0 Å². The summed E-state index contributed by atoms with van der Waals surface area (Å²) in [6.07, 6.45) is 0. The third-order valence-electron chi connectivity index (χ3n) is 11.8. The largest absolute Gasteiger partial charge is 0.310 e. The average Bonchev–Trinajstić information content (AvgIpc) is 3.33. The molecule has 1 aliphatic heterocycles. The topological polar surface area (TPSA) is 6.48 Å². The van der Waals surface area contributed by atoms with Crippen molar-refractivity contribution in [1.29, 1.82) is 0 Å². The van der Waals surface area contributed by atoms with E-state index < -0.39 is 0 Å². The molecule has 0 saturated carbocycles. The van der Waals surface area contributed by atoms with Crippen molar-refractivity contribution < 1.29 is 0 Å². The molecule has 10 aromatic rings. The van der Waals surface area contributed by atoms with Gasteiger partial charge in [0.05, 0.1) is 17.1 Å². The van der Waals surface area contributed by atoms with Crippen molar-refractivity contribution in [2.24, 2.45) is 0 Å². The van der Waals surface area contributed by atoms with E-state index in [2.05, 4.69) is 252 Å². The van der Waals surface area contributed by atoms with Crippen molar-refractivity contribution in [2.45, 2.75) is 0 Å². The maximum atomic E-state index is 2.43. The van der Waals surface area contributed by atoms with Crippen LogP contribution in [0.3, 0.4) is 0 Å². The molecule has 10 aromatic carbocycles. The zero-order chi connectivity index (χ0) is 39.8. The Balaban J connectivity index is 1.11. The van der Waals surface area contributed by atoms with E-state index in [0.29, 0.717) is 0 Å². The first-order valence-corrected chi connectivity index (χ1v) is 20.6. The van der Waals surface area contributed by atoms with E-state index in [4.69, 9.17) is 0 Å². The Morgan fingerprint density at radius 2 is 0.650 bits per heavy atom. The van der Waals surface area contributed by atoms with Crippen LogP contribution in [0.4, 0.5) is 34.1 Å². The van der Waals surface area contributed by atoms with Crippen LogP contribution in [0.5, 0.6) is 0 Å². The number of anilines is 6. The summed E-state index contributed by atoms with van der Waals surface area (Å²) in [5.41, 5.74) is 18.7. The van der Waals surface area contributed by atoms with Gasteiger partial charge in [0.15, 0.2) is 0 Å². The third kappa shape index (κ3) is 6.23. The van der Waals surface area contributed by atoms with Crippen LogP contribution in [0.25, 0.3) is 66.4 Å². The highest BCUT2D eigenvalue weighted by molar-refractivity contribution is 6.16. The summed E-state index contributed by atoms with van der Waals surface area (Å²) in [7, 11) is 0. The van der Waals surface area contributed by atoms with Crippen LogP contribution >= 0.6 is 0 Å². The van der Waals surface area contributed by atoms with Gasteiger partial charge in [0.2, 0.25) is 0 Å². The van der Waals surface area contributed by atoms with Crippen molar-refractivity contribution in [3.63, 3.8) is 0 Å². The first-order chi connectivity index (χ1) is 29.8. The second-order valence-corrected chi connectivity index (χ2v) is 15.3. The lowest BCUT2D eigenvalue weighted by Crippen LogP contribution is -2.14. The summed E-state index contributed by atoms with van der Waals surface area (Å²) >= 11 is 0. The predicted octanol–water partition coefficient (Wildman–Crippen LogP) is 16.4. The normalized spacial score (nSPS) is 11.6. The molecule has 0 unspecified atom stereocenters. The second kappa shape index (κ2) is 15.1. The molecular formula is C58H40N2. The maximum absolute atomic E-state index is 2.43. The van der Waals surface area contributed by atoms with E-state index in [1.165, 1.54) is 66.4 Å². The van der Waals surface area contributed by atoms with Crippen LogP contribution < -0.4 is 9.80 Å². The highest BCUT2D eigenvalue weighted by atomic mass is 15.2. The van der Waals surface area contributed by atoms with Crippen molar-refractivity contribution in [3.05, 3.63) is 243 Å². The van der Waals surface area contributed by atoms with Crippen LogP contribution in [-0.2, 0) is 0 Å². The Bertz CT molecular complexity index is 2960. The standard InChI is InChI=1S/C58H40N2/c1-4-15-41(16-5-1)44-27-33-47(34-28-44)59(48-35-29-45(30-36-48)42-17-6-2-7-18-42)57-40-39-53-51-22-11-13-26-56(51)60(49-37-31-46(32-38-49)43-19-8-3-9-20-43)55-25-12-10-21-50(55)52-23-14-24-54(57)58(52)53/h1-40H. The first-order valence-electron chi connectivity index (χ1n) is 20.6. The number of nitrogens with zero attached hydrogens (tertiary/aromatic N) is 2. The molecule has 0 fully saturated rings. The summed E-state index contributed by atoms with van der Waals surface area (Å²) in [5, 5.41) is 2.43. The van der Waals surface area contributed by atoms with Crippen LogP contribution in [0.15, 0.2) is 243 Å². The molecule has 0 radical (unpaired) electrons.